The number of rotatable bonds is 3. The van der Waals surface area contributed by atoms with Crippen LogP contribution in [0.15, 0.2) is 30.6 Å². The standard InChI is InChI=1S/C17H19F3N6O/c1-2-22-16(27)26-9-7-25(8-10-26)14-11-13(17(18,19)20)23-15(24-14)12-3-5-21-6-4-12/h3-6,11H,2,7-10H2,1H3,(H,22,27). The molecule has 0 aromatic carbocycles. The van der Waals surface area contributed by atoms with Crippen molar-refractivity contribution in [2.24, 2.45) is 0 Å². The fourth-order valence-electron chi connectivity index (χ4n) is 2.77. The topological polar surface area (TPSA) is 74.2 Å². The Kier molecular flexibility index (Phi) is 5.43. The van der Waals surface area contributed by atoms with Crippen LogP contribution in [-0.2, 0) is 6.18 Å². The number of hydrogen-bond acceptors (Lipinski definition) is 5. The zero-order valence-corrected chi connectivity index (χ0v) is 14.7. The van der Waals surface area contributed by atoms with E-state index in [1.165, 1.54) is 12.4 Å². The molecule has 10 heteroatoms. The number of pyridine rings is 1. The maximum atomic E-state index is 13.3. The molecule has 1 aliphatic rings. The third kappa shape index (κ3) is 4.44. The Morgan fingerprint density at radius 2 is 1.81 bits per heavy atom. The van der Waals surface area contributed by atoms with Crippen LogP contribution in [0.3, 0.4) is 0 Å². The van der Waals surface area contributed by atoms with Crippen molar-refractivity contribution in [3.8, 4) is 11.4 Å². The van der Waals surface area contributed by atoms with Gasteiger partial charge in [-0.25, -0.2) is 14.8 Å². The molecule has 0 atom stereocenters. The van der Waals surface area contributed by atoms with Gasteiger partial charge >= 0.3 is 12.2 Å². The normalized spacial score (nSPS) is 15.0. The van der Waals surface area contributed by atoms with Crippen molar-refractivity contribution in [2.45, 2.75) is 13.1 Å². The fraction of sp³-hybridized carbons (Fsp3) is 0.412. The molecule has 2 aromatic rings. The number of carbonyl (C=O) groups is 1. The van der Waals surface area contributed by atoms with Crippen molar-refractivity contribution in [1.82, 2.24) is 25.2 Å². The van der Waals surface area contributed by atoms with Crippen molar-refractivity contribution in [1.29, 1.82) is 0 Å². The molecule has 0 aliphatic carbocycles. The van der Waals surface area contributed by atoms with E-state index < -0.39 is 11.9 Å². The van der Waals surface area contributed by atoms with Gasteiger partial charge in [0, 0.05) is 56.7 Å². The van der Waals surface area contributed by atoms with Crippen LogP contribution in [0.2, 0.25) is 0 Å². The Hall–Kier alpha value is -2.91. The van der Waals surface area contributed by atoms with Crippen LogP contribution in [-0.4, -0.2) is 58.6 Å². The molecule has 27 heavy (non-hydrogen) atoms. The summed E-state index contributed by atoms with van der Waals surface area (Å²) < 4.78 is 39.9. The van der Waals surface area contributed by atoms with Crippen LogP contribution in [0.4, 0.5) is 23.8 Å². The number of aromatic nitrogens is 3. The van der Waals surface area contributed by atoms with Crippen LogP contribution in [0, 0.1) is 0 Å². The van der Waals surface area contributed by atoms with E-state index >= 15 is 0 Å². The SMILES string of the molecule is CCNC(=O)N1CCN(c2cc(C(F)(F)F)nc(-c3ccncc3)n2)CC1. The predicted octanol–water partition coefficient (Wildman–Crippen LogP) is 2.41. The lowest BCUT2D eigenvalue weighted by Crippen LogP contribution is -2.52. The number of urea groups is 1. The number of carbonyl (C=O) groups excluding carboxylic acids is 1. The summed E-state index contributed by atoms with van der Waals surface area (Å²) in [5, 5.41) is 2.72. The monoisotopic (exact) mass is 380 g/mol. The van der Waals surface area contributed by atoms with E-state index in [4.69, 9.17) is 0 Å². The molecular weight excluding hydrogens is 361 g/mol. The maximum absolute atomic E-state index is 13.3. The molecule has 1 N–H and O–H groups in total. The Morgan fingerprint density at radius 3 is 2.41 bits per heavy atom. The smallest absolute Gasteiger partial charge is 0.353 e. The van der Waals surface area contributed by atoms with Crippen molar-refractivity contribution in [2.75, 3.05) is 37.6 Å². The summed E-state index contributed by atoms with van der Waals surface area (Å²) in [6.07, 6.45) is -1.63. The first-order valence-electron chi connectivity index (χ1n) is 8.53. The lowest BCUT2D eigenvalue weighted by molar-refractivity contribution is -0.141. The summed E-state index contributed by atoms with van der Waals surface area (Å²) in [6.45, 7) is 3.94. The van der Waals surface area contributed by atoms with Gasteiger partial charge in [0.2, 0.25) is 0 Å². The second-order valence-corrected chi connectivity index (χ2v) is 5.98. The van der Waals surface area contributed by atoms with E-state index in [-0.39, 0.29) is 17.7 Å². The Labute approximate surface area is 154 Å². The Morgan fingerprint density at radius 1 is 1.15 bits per heavy atom. The van der Waals surface area contributed by atoms with Gasteiger partial charge in [-0.15, -0.1) is 0 Å². The average molecular weight is 380 g/mol. The van der Waals surface area contributed by atoms with Gasteiger partial charge in [-0.05, 0) is 19.1 Å². The van der Waals surface area contributed by atoms with Gasteiger partial charge in [0.25, 0.3) is 0 Å². The fourth-order valence-corrected chi connectivity index (χ4v) is 2.77. The highest BCUT2D eigenvalue weighted by Gasteiger charge is 2.34. The number of alkyl halides is 3. The van der Waals surface area contributed by atoms with E-state index in [1.807, 2.05) is 6.92 Å². The van der Waals surface area contributed by atoms with Gasteiger partial charge in [0.1, 0.15) is 5.82 Å². The third-order valence-corrected chi connectivity index (χ3v) is 4.16. The number of nitrogens with one attached hydrogen (secondary N) is 1. The predicted molar refractivity (Wildman–Crippen MR) is 93.1 cm³/mol. The molecule has 0 unspecified atom stereocenters. The summed E-state index contributed by atoms with van der Waals surface area (Å²) in [5.74, 6) is 0.188. The Balaban J connectivity index is 1.86. The maximum Gasteiger partial charge on any atom is 0.433 e. The molecule has 2 aromatic heterocycles. The van der Waals surface area contributed by atoms with Gasteiger partial charge in [0.15, 0.2) is 11.5 Å². The highest BCUT2D eigenvalue weighted by atomic mass is 19.4. The van der Waals surface area contributed by atoms with Gasteiger partial charge in [0.05, 0.1) is 0 Å². The lowest BCUT2D eigenvalue weighted by atomic mass is 10.2. The second kappa shape index (κ2) is 7.77. The molecule has 0 bridgehead atoms. The number of amides is 2. The number of hydrogen-bond donors (Lipinski definition) is 1. The van der Waals surface area contributed by atoms with Crippen LogP contribution >= 0.6 is 0 Å². The van der Waals surface area contributed by atoms with Crippen molar-refractivity contribution in [3.63, 3.8) is 0 Å². The zero-order chi connectivity index (χ0) is 19.4. The first kappa shape index (κ1) is 18.9. The molecule has 3 heterocycles. The minimum Gasteiger partial charge on any atom is -0.353 e. The van der Waals surface area contributed by atoms with Crippen LogP contribution < -0.4 is 10.2 Å². The van der Waals surface area contributed by atoms with Crippen molar-refractivity contribution >= 4 is 11.8 Å². The number of halogens is 3. The molecule has 0 radical (unpaired) electrons. The molecule has 144 valence electrons. The molecular formula is C17H19F3N6O. The summed E-state index contributed by atoms with van der Waals surface area (Å²) >= 11 is 0. The van der Waals surface area contributed by atoms with E-state index in [1.54, 1.807) is 21.9 Å². The minimum atomic E-state index is -4.58. The molecule has 1 saturated heterocycles. The van der Waals surface area contributed by atoms with Gasteiger partial charge in [-0.2, -0.15) is 13.2 Å². The Bertz CT molecular complexity index is 791. The molecule has 0 saturated carbocycles. The molecule has 0 spiro atoms. The lowest BCUT2D eigenvalue weighted by Gasteiger charge is -2.35. The van der Waals surface area contributed by atoms with Gasteiger partial charge in [-0.1, -0.05) is 0 Å². The van der Waals surface area contributed by atoms with E-state index in [9.17, 15) is 18.0 Å². The minimum absolute atomic E-state index is 0.00613. The molecule has 2 amide bonds. The highest BCUT2D eigenvalue weighted by Crippen LogP contribution is 2.31. The number of nitrogens with zero attached hydrogens (tertiary/aromatic N) is 5. The first-order valence-corrected chi connectivity index (χ1v) is 8.53. The summed E-state index contributed by atoms with van der Waals surface area (Å²) in [6, 6.07) is 3.90. The quantitative estimate of drug-likeness (QED) is 0.885. The molecule has 1 aliphatic heterocycles. The summed E-state index contributed by atoms with van der Waals surface area (Å²) in [7, 11) is 0. The van der Waals surface area contributed by atoms with Gasteiger partial charge in [-0.3, -0.25) is 4.98 Å². The zero-order valence-electron chi connectivity index (χ0n) is 14.7. The second-order valence-electron chi connectivity index (χ2n) is 5.98. The van der Waals surface area contributed by atoms with Crippen LogP contribution in [0.5, 0.6) is 0 Å². The van der Waals surface area contributed by atoms with E-state index in [0.29, 0.717) is 38.3 Å². The van der Waals surface area contributed by atoms with Crippen LogP contribution in [0.1, 0.15) is 12.6 Å². The average Bonchev–Trinajstić information content (AvgIpc) is 2.68. The number of anilines is 1. The van der Waals surface area contributed by atoms with Crippen molar-refractivity contribution in [3.05, 3.63) is 36.3 Å². The summed E-state index contributed by atoms with van der Waals surface area (Å²) in [4.78, 5) is 27.1. The largest absolute Gasteiger partial charge is 0.433 e. The highest BCUT2D eigenvalue weighted by molar-refractivity contribution is 5.74. The number of piperazine rings is 1. The van der Waals surface area contributed by atoms with E-state index in [2.05, 4.69) is 20.3 Å². The molecule has 1 fully saturated rings. The van der Waals surface area contributed by atoms with Crippen LogP contribution in [0.25, 0.3) is 11.4 Å². The third-order valence-electron chi connectivity index (χ3n) is 4.16. The van der Waals surface area contributed by atoms with E-state index in [0.717, 1.165) is 6.07 Å². The molecule has 7 nitrogen and oxygen atoms in total. The summed E-state index contributed by atoms with van der Waals surface area (Å²) in [5.41, 5.74) is -0.538. The first-order chi connectivity index (χ1) is 12.9. The van der Waals surface area contributed by atoms with Gasteiger partial charge < -0.3 is 15.1 Å². The molecule has 3 rings (SSSR count). The van der Waals surface area contributed by atoms with Crippen molar-refractivity contribution < 1.29 is 18.0 Å².